The summed E-state index contributed by atoms with van der Waals surface area (Å²) in [6.45, 7) is 0. The van der Waals surface area contributed by atoms with E-state index in [1.165, 1.54) is 0 Å². The van der Waals surface area contributed by atoms with Crippen molar-refractivity contribution in [2.45, 2.75) is 0 Å². The summed E-state index contributed by atoms with van der Waals surface area (Å²) in [7, 11) is 0. The van der Waals surface area contributed by atoms with Crippen LogP contribution in [0.1, 0.15) is 0 Å². The van der Waals surface area contributed by atoms with E-state index in [0.717, 1.165) is 0 Å². The average Bonchev–Trinajstić information content (AvgIpc) is 0.811. The molecule has 0 unspecified atom stereocenters. The molecule has 3 nitrogen and oxygen atoms in total. The fourth-order valence-corrected chi connectivity index (χ4v) is 0. The molecule has 0 aromatic heterocycles. The predicted molar refractivity (Wildman–Crippen MR) is 3.59 cm³/mol. The monoisotopic (exact) mass is 220 g/mol. The van der Waals surface area contributed by atoms with E-state index in [2.05, 4.69) is 0 Å². The van der Waals surface area contributed by atoms with Crippen LogP contribution in [0.4, 0.5) is 0 Å². The second-order valence-corrected chi connectivity index (χ2v) is 0.981. The summed E-state index contributed by atoms with van der Waals surface area (Å²) >= 11 is -3.69. The second-order valence-electron chi connectivity index (χ2n) is 0.238. The van der Waals surface area contributed by atoms with Crippen molar-refractivity contribution < 1.29 is 63.3 Å². The molecule has 0 rings (SSSR count). The van der Waals surface area contributed by atoms with E-state index in [-0.39, 0.29) is 36.5 Å². The molecule has 0 spiro atoms. The Morgan fingerprint density at radius 2 is 1.33 bits per heavy atom. The van der Waals surface area contributed by atoms with E-state index in [9.17, 15) is 0 Å². The molecule has 0 amide bonds. The normalized spacial score (nSPS) is 4.17. The minimum Gasteiger partial charge on any atom is 0 e. The van der Waals surface area contributed by atoms with Crippen molar-refractivity contribution in [2.24, 2.45) is 0 Å². The van der Waals surface area contributed by atoms with E-state index >= 15 is 0 Å². The SMILES string of the molecule is [Fe].[O]=[V](=[O])[OH].[Zn]. The molecule has 0 saturated heterocycles. The van der Waals surface area contributed by atoms with Crippen molar-refractivity contribution >= 4 is 0 Å². The first kappa shape index (κ1) is 15.7. The Morgan fingerprint density at radius 3 is 1.33 bits per heavy atom. The Morgan fingerprint density at radius 1 is 1.33 bits per heavy atom. The summed E-state index contributed by atoms with van der Waals surface area (Å²) in [5.74, 6) is 0. The molecule has 0 saturated carbocycles. The van der Waals surface area contributed by atoms with Crippen LogP contribution in [0.15, 0.2) is 0 Å². The minimum absolute atomic E-state index is 0. The molecule has 0 bridgehead atoms. The third-order valence-corrected chi connectivity index (χ3v) is 0. The Balaban J connectivity index is -0.0000000450. The Labute approximate surface area is 63.1 Å². The molecule has 0 heterocycles. The van der Waals surface area contributed by atoms with Gasteiger partial charge in [-0.1, -0.05) is 0 Å². The minimum atomic E-state index is -3.69. The summed E-state index contributed by atoms with van der Waals surface area (Å²) in [6, 6.07) is 0. The Bertz CT molecular complexity index is 59.2. The van der Waals surface area contributed by atoms with Crippen LogP contribution in [-0.4, -0.2) is 4.03 Å². The van der Waals surface area contributed by atoms with E-state index in [1.54, 1.807) is 0 Å². The largest absolute Gasteiger partial charge is 0 e. The van der Waals surface area contributed by atoms with Crippen LogP contribution in [0, 0.1) is 0 Å². The van der Waals surface area contributed by atoms with Gasteiger partial charge in [0.15, 0.2) is 0 Å². The molecule has 0 atom stereocenters. The zero-order valence-electron chi connectivity index (χ0n) is 2.77. The van der Waals surface area contributed by atoms with Gasteiger partial charge in [-0.3, -0.25) is 0 Å². The first-order valence-electron chi connectivity index (χ1n) is 0.565. The molecular formula is HFeO3VZn. The van der Waals surface area contributed by atoms with Gasteiger partial charge in [0, 0.05) is 36.5 Å². The van der Waals surface area contributed by atoms with Crippen LogP contribution < -0.4 is 0 Å². The van der Waals surface area contributed by atoms with Crippen molar-refractivity contribution in [1.29, 1.82) is 0 Å². The molecule has 0 aliphatic heterocycles. The fourth-order valence-electron chi connectivity index (χ4n) is 0. The summed E-state index contributed by atoms with van der Waals surface area (Å²) in [5.41, 5.74) is 0. The summed E-state index contributed by atoms with van der Waals surface area (Å²) in [4.78, 5) is 0. The van der Waals surface area contributed by atoms with Gasteiger partial charge in [-0.05, 0) is 0 Å². The van der Waals surface area contributed by atoms with Crippen LogP contribution in [0.2, 0.25) is 0 Å². The first-order valence-corrected chi connectivity index (χ1v) is 2.33. The number of hydrogen-bond donors (Lipinski definition) is 1. The molecule has 1 N–H and O–H groups in total. The van der Waals surface area contributed by atoms with Gasteiger partial charge < -0.3 is 0 Å². The molecule has 0 radical (unpaired) electrons. The van der Waals surface area contributed by atoms with E-state index < -0.39 is 15.4 Å². The maximum atomic E-state index is 8.67. The molecule has 0 aromatic carbocycles. The first-order chi connectivity index (χ1) is 1.73. The van der Waals surface area contributed by atoms with Crippen molar-refractivity contribution in [3.05, 3.63) is 0 Å². The standard InChI is InChI=1S/Fe.H2O.2O.V.Zn/h;1H2;;;;/q;;;;+1;/p-1. The van der Waals surface area contributed by atoms with Crippen LogP contribution in [0.3, 0.4) is 0 Å². The van der Waals surface area contributed by atoms with Crippen LogP contribution >= 0.6 is 0 Å². The summed E-state index contributed by atoms with van der Waals surface area (Å²) < 4.78 is 24.4. The predicted octanol–water partition coefficient (Wildman–Crippen LogP) is -0.802. The zero-order valence-corrected chi connectivity index (χ0v) is 8.24. The number of hydrogen-bond acceptors (Lipinski definition) is 2. The number of rotatable bonds is 0. The quantitative estimate of drug-likeness (QED) is 0.545. The molecule has 6 heavy (non-hydrogen) atoms. The van der Waals surface area contributed by atoms with Gasteiger partial charge in [-0.15, -0.1) is 0 Å². The maximum Gasteiger partial charge on any atom is 0 e. The van der Waals surface area contributed by atoms with Crippen LogP contribution in [0.25, 0.3) is 0 Å². The molecule has 34 valence electrons. The molecule has 0 aliphatic rings. The Hall–Kier alpha value is 1.29. The van der Waals surface area contributed by atoms with E-state index in [0.29, 0.717) is 0 Å². The van der Waals surface area contributed by atoms with Crippen molar-refractivity contribution in [3.63, 3.8) is 0 Å². The van der Waals surface area contributed by atoms with Gasteiger partial charge in [0.25, 0.3) is 0 Å². The molecule has 0 aromatic rings. The van der Waals surface area contributed by atoms with Crippen LogP contribution in [0.5, 0.6) is 0 Å². The van der Waals surface area contributed by atoms with Crippen LogP contribution in [-0.2, 0) is 59.3 Å². The third kappa shape index (κ3) is 58.6. The van der Waals surface area contributed by atoms with E-state index in [4.69, 9.17) is 11.4 Å². The van der Waals surface area contributed by atoms with Crippen molar-refractivity contribution in [1.82, 2.24) is 0 Å². The molecule has 0 fully saturated rings. The summed E-state index contributed by atoms with van der Waals surface area (Å²) in [6.07, 6.45) is 0. The fraction of sp³-hybridized carbons (Fsp3) is 0. The van der Waals surface area contributed by atoms with E-state index in [1.807, 2.05) is 0 Å². The van der Waals surface area contributed by atoms with Crippen molar-refractivity contribution in [3.8, 4) is 0 Å². The Kier molecular flexibility index (Phi) is 25.0. The van der Waals surface area contributed by atoms with Crippen molar-refractivity contribution in [2.75, 3.05) is 0 Å². The van der Waals surface area contributed by atoms with Gasteiger partial charge in [0.2, 0.25) is 0 Å². The van der Waals surface area contributed by atoms with Gasteiger partial charge in [-0.2, -0.15) is 0 Å². The van der Waals surface area contributed by atoms with Gasteiger partial charge in [0.05, 0.1) is 0 Å². The van der Waals surface area contributed by atoms with Gasteiger partial charge >= 0.3 is 26.8 Å². The third-order valence-electron chi connectivity index (χ3n) is 0. The summed E-state index contributed by atoms with van der Waals surface area (Å²) in [5, 5.41) is 0. The van der Waals surface area contributed by atoms with Gasteiger partial charge in [-0.25, -0.2) is 0 Å². The average molecular weight is 221 g/mol. The van der Waals surface area contributed by atoms with Gasteiger partial charge in [0.1, 0.15) is 0 Å². The molecular weight excluding hydrogens is 220 g/mol. The maximum absolute atomic E-state index is 8.67. The molecule has 0 aliphatic carbocycles. The zero-order chi connectivity index (χ0) is 3.58. The topological polar surface area (TPSA) is 54.4 Å². The smallest absolute Gasteiger partial charge is 0 e. The molecule has 6 heteroatoms. The second kappa shape index (κ2) is 9.56.